The summed E-state index contributed by atoms with van der Waals surface area (Å²) in [5.74, 6) is 0.592. The number of fused-ring (bicyclic) bond motifs is 3. The van der Waals surface area contributed by atoms with Crippen molar-refractivity contribution in [1.82, 2.24) is 0 Å². The highest BCUT2D eigenvalue weighted by molar-refractivity contribution is 6.19. The van der Waals surface area contributed by atoms with E-state index in [1.54, 1.807) is 0 Å². The quantitative estimate of drug-likeness (QED) is 0.154. The average Bonchev–Trinajstić information content (AvgIpc) is 3.06. The van der Waals surface area contributed by atoms with E-state index >= 15 is 0 Å². The monoisotopic (exact) mass is 555 g/mol. The van der Waals surface area contributed by atoms with Gasteiger partial charge < -0.3 is 5.73 Å². The number of rotatable bonds is 7. The second kappa shape index (κ2) is 11.5. The second-order valence-electron chi connectivity index (χ2n) is 11.8. The predicted octanol–water partition coefficient (Wildman–Crippen LogP) is 11.1. The maximum atomic E-state index is 6.27. The second-order valence-corrected chi connectivity index (χ2v) is 11.8. The lowest BCUT2D eigenvalue weighted by Crippen LogP contribution is -2.12. The van der Waals surface area contributed by atoms with E-state index in [0.29, 0.717) is 12.5 Å². The first kappa shape index (κ1) is 27.1. The molecule has 0 saturated heterocycles. The molecule has 0 saturated carbocycles. The molecular weight excluding hydrogens is 518 g/mol. The van der Waals surface area contributed by atoms with Gasteiger partial charge in [-0.15, -0.1) is 6.58 Å². The fourth-order valence-corrected chi connectivity index (χ4v) is 7.21. The lowest BCUT2D eigenvalue weighted by molar-refractivity contribution is 0.712. The van der Waals surface area contributed by atoms with E-state index in [4.69, 9.17) is 5.73 Å². The van der Waals surface area contributed by atoms with Crippen molar-refractivity contribution >= 4 is 32.3 Å². The van der Waals surface area contributed by atoms with Crippen LogP contribution >= 0.6 is 0 Å². The Hall–Kier alpha value is -4.72. The molecule has 6 aromatic rings. The first-order valence-electron chi connectivity index (χ1n) is 15.4. The molecule has 0 spiro atoms. The Morgan fingerprint density at radius 1 is 0.698 bits per heavy atom. The maximum absolute atomic E-state index is 6.27. The fourth-order valence-electron chi connectivity index (χ4n) is 7.21. The molecule has 6 aromatic carbocycles. The van der Waals surface area contributed by atoms with Crippen LogP contribution in [0.5, 0.6) is 0 Å². The molecule has 2 N–H and O–H groups in total. The van der Waals surface area contributed by atoms with Gasteiger partial charge in [-0.05, 0) is 92.0 Å². The van der Waals surface area contributed by atoms with Gasteiger partial charge in [0.05, 0.1) is 0 Å². The highest BCUT2D eigenvalue weighted by Gasteiger charge is 2.22. The third-order valence-corrected chi connectivity index (χ3v) is 9.25. The van der Waals surface area contributed by atoms with E-state index in [-0.39, 0.29) is 5.92 Å². The van der Waals surface area contributed by atoms with E-state index in [1.807, 2.05) is 6.08 Å². The van der Waals surface area contributed by atoms with Gasteiger partial charge >= 0.3 is 0 Å². The number of hydrogen-bond acceptors (Lipinski definition) is 1. The van der Waals surface area contributed by atoms with Crippen molar-refractivity contribution in [2.45, 2.75) is 31.6 Å². The smallest absolute Gasteiger partial charge is 0.00682 e. The minimum Gasteiger partial charge on any atom is -0.330 e. The van der Waals surface area contributed by atoms with E-state index in [9.17, 15) is 0 Å². The van der Waals surface area contributed by atoms with Gasteiger partial charge in [0.15, 0.2) is 0 Å². The fraction of sp³-hybridized carbons (Fsp3) is 0.143. The molecule has 0 radical (unpaired) electrons. The predicted molar refractivity (Wildman–Crippen MR) is 187 cm³/mol. The first-order valence-corrected chi connectivity index (χ1v) is 15.4. The molecule has 0 bridgehead atoms. The van der Waals surface area contributed by atoms with Gasteiger partial charge in [0.1, 0.15) is 0 Å². The summed E-state index contributed by atoms with van der Waals surface area (Å²) in [6, 6.07) is 40.3. The largest absolute Gasteiger partial charge is 0.330 e. The molecule has 2 atom stereocenters. The molecule has 1 aliphatic rings. The van der Waals surface area contributed by atoms with Gasteiger partial charge in [-0.2, -0.15) is 0 Å². The third kappa shape index (κ3) is 4.71. The highest BCUT2D eigenvalue weighted by atomic mass is 14.5. The van der Waals surface area contributed by atoms with Gasteiger partial charge in [0.25, 0.3) is 0 Å². The van der Waals surface area contributed by atoms with E-state index in [0.717, 1.165) is 12.8 Å². The number of allylic oxidation sites excluding steroid dienone is 5. The summed E-state index contributed by atoms with van der Waals surface area (Å²) >= 11 is 0. The summed E-state index contributed by atoms with van der Waals surface area (Å²) in [7, 11) is 0. The van der Waals surface area contributed by atoms with Crippen molar-refractivity contribution in [3.05, 3.63) is 157 Å². The molecule has 1 aliphatic carbocycles. The van der Waals surface area contributed by atoms with Crippen LogP contribution in [-0.4, -0.2) is 6.54 Å². The average molecular weight is 556 g/mol. The normalized spacial score (nSPS) is 15.6. The van der Waals surface area contributed by atoms with Crippen LogP contribution in [0, 0.1) is 0 Å². The number of hydrogen-bond donors (Lipinski definition) is 1. The first-order chi connectivity index (χ1) is 21.2. The molecule has 1 nitrogen and oxygen atoms in total. The van der Waals surface area contributed by atoms with Crippen LogP contribution in [-0.2, 0) is 0 Å². The topological polar surface area (TPSA) is 26.0 Å². The zero-order chi connectivity index (χ0) is 29.3. The maximum Gasteiger partial charge on any atom is 0.00682 e. The SMILES string of the molecule is C=CCC(CN)c1ccccc1-c1cccc2c(-c3c4ccccc4c(C4C=CC(C)=CC4)c4ccccc34)cccc12. The van der Waals surface area contributed by atoms with Crippen LogP contribution in [0.4, 0.5) is 0 Å². The molecule has 7 rings (SSSR count). The number of nitrogens with two attached hydrogens (primary N) is 1. The zero-order valence-electron chi connectivity index (χ0n) is 24.8. The lowest BCUT2D eigenvalue weighted by atomic mass is 9.80. The van der Waals surface area contributed by atoms with Crippen LogP contribution < -0.4 is 5.73 Å². The van der Waals surface area contributed by atoms with Crippen LogP contribution in [0.2, 0.25) is 0 Å². The van der Waals surface area contributed by atoms with Crippen LogP contribution in [0.25, 0.3) is 54.6 Å². The van der Waals surface area contributed by atoms with E-state index in [2.05, 4.69) is 141 Å². The Labute approximate surface area is 254 Å². The standard InChI is InChI=1S/C42H37N/c1-3-12-30(27-43)31-13-4-5-14-32(31)33-19-10-21-35-34(33)20-11-22-36(35)42-39-17-8-6-15-37(39)41(29-25-23-28(2)24-26-29)38-16-7-9-18-40(38)42/h3-11,13-25,29-30H,1,12,26-27,43H2,2H3. The summed E-state index contributed by atoms with van der Waals surface area (Å²) in [5.41, 5.74) is 15.4. The molecule has 0 fully saturated rings. The van der Waals surface area contributed by atoms with Crippen LogP contribution in [0.3, 0.4) is 0 Å². The van der Waals surface area contributed by atoms with Gasteiger partial charge in [-0.3, -0.25) is 0 Å². The van der Waals surface area contributed by atoms with Gasteiger partial charge in [0, 0.05) is 11.8 Å². The Morgan fingerprint density at radius 2 is 1.26 bits per heavy atom. The van der Waals surface area contributed by atoms with Crippen molar-refractivity contribution in [1.29, 1.82) is 0 Å². The minimum absolute atomic E-state index is 0.236. The van der Waals surface area contributed by atoms with E-state index < -0.39 is 0 Å². The van der Waals surface area contributed by atoms with Crippen LogP contribution in [0.15, 0.2) is 146 Å². The minimum atomic E-state index is 0.236. The summed E-state index contributed by atoms with van der Waals surface area (Å²) in [4.78, 5) is 0. The highest BCUT2D eigenvalue weighted by Crippen LogP contribution is 2.46. The van der Waals surface area contributed by atoms with Crippen LogP contribution in [0.1, 0.15) is 42.7 Å². The van der Waals surface area contributed by atoms with Gasteiger partial charge in [-0.25, -0.2) is 0 Å². The van der Waals surface area contributed by atoms with Crippen molar-refractivity contribution < 1.29 is 0 Å². The number of benzene rings is 6. The Bertz CT molecular complexity index is 2000. The molecule has 0 aromatic heterocycles. The van der Waals surface area contributed by atoms with Gasteiger partial charge in [-0.1, -0.05) is 139 Å². The van der Waals surface area contributed by atoms with Gasteiger partial charge in [0.2, 0.25) is 0 Å². The molecule has 1 heteroatoms. The van der Waals surface area contributed by atoms with Crippen molar-refractivity contribution in [3.63, 3.8) is 0 Å². The summed E-state index contributed by atoms with van der Waals surface area (Å²) in [5, 5.41) is 7.82. The third-order valence-electron chi connectivity index (χ3n) is 9.25. The summed E-state index contributed by atoms with van der Waals surface area (Å²) in [6.45, 7) is 6.78. The zero-order valence-corrected chi connectivity index (χ0v) is 24.8. The molecule has 0 amide bonds. The molecule has 0 aliphatic heterocycles. The van der Waals surface area contributed by atoms with Crippen molar-refractivity contribution in [2.75, 3.05) is 6.54 Å². The lowest BCUT2D eigenvalue weighted by Gasteiger charge is -2.24. The van der Waals surface area contributed by atoms with Crippen molar-refractivity contribution in [3.8, 4) is 22.3 Å². The van der Waals surface area contributed by atoms with E-state index in [1.165, 1.54) is 71.3 Å². The summed E-state index contributed by atoms with van der Waals surface area (Å²) in [6.07, 6.45) is 10.9. The molecular formula is C42H37N. The Morgan fingerprint density at radius 3 is 1.88 bits per heavy atom. The van der Waals surface area contributed by atoms with Crippen molar-refractivity contribution in [2.24, 2.45) is 5.73 Å². The Kier molecular flexibility index (Phi) is 7.27. The molecule has 2 unspecified atom stereocenters. The summed E-state index contributed by atoms with van der Waals surface area (Å²) < 4.78 is 0. The molecule has 0 heterocycles. The Balaban J connectivity index is 1.51. The molecule has 43 heavy (non-hydrogen) atoms. The molecule has 210 valence electrons.